The highest BCUT2D eigenvalue weighted by Gasteiger charge is 2.36. The van der Waals surface area contributed by atoms with E-state index >= 15 is 0 Å². The molecule has 0 saturated carbocycles. The molecule has 0 aliphatic carbocycles. The van der Waals surface area contributed by atoms with Crippen LogP contribution in [0.5, 0.6) is 0 Å². The molecule has 0 unspecified atom stereocenters. The summed E-state index contributed by atoms with van der Waals surface area (Å²) in [6, 6.07) is 11.7. The van der Waals surface area contributed by atoms with Crippen molar-refractivity contribution >= 4 is 28.2 Å². The lowest BCUT2D eigenvalue weighted by molar-refractivity contribution is 0.0826. The lowest BCUT2D eigenvalue weighted by Crippen LogP contribution is -2.48. The van der Waals surface area contributed by atoms with Gasteiger partial charge in [0.15, 0.2) is 0 Å². The highest BCUT2D eigenvalue weighted by molar-refractivity contribution is 7.19. The molecule has 2 aliphatic rings. The fraction of sp³-hybridized carbons (Fsp3) is 0.370. The number of hydrogen-bond acceptors (Lipinski definition) is 6. The van der Waals surface area contributed by atoms with Crippen molar-refractivity contribution in [2.75, 3.05) is 45.3 Å². The average Bonchev–Trinajstić information content (AvgIpc) is 3.23. The average molecular weight is 491 g/mol. The molecule has 7 nitrogen and oxygen atoms in total. The summed E-state index contributed by atoms with van der Waals surface area (Å²) in [5.41, 5.74) is 5.22. The number of hydrogen-bond donors (Lipinski definition) is 1. The van der Waals surface area contributed by atoms with Gasteiger partial charge in [0.2, 0.25) is 0 Å². The van der Waals surface area contributed by atoms with Crippen molar-refractivity contribution in [1.29, 1.82) is 0 Å². The van der Waals surface area contributed by atoms with Crippen molar-refractivity contribution in [3.05, 3.63) is 58.6 Å². The van der Waals surface area contributed by atoms with Gasteiger partial charge in [-0.1, -0.05) is 12.1 Å². The van der Waals surface area contributed by atoms with E-state index in [1.807, 2.05) is 36.5 Å². The zero-order valence-electron chi connectivity index (χ0n) is 20.6. The molecule has 1 saturated heterocycles. The molecule has 1 fully saturated rings. The highest BCUT2D eigenvalue weighted by atomic mass is 32.1. The molecule has 5 rings (SSSR count). The summed E-state index contributed by atoms with van der Waals surface area (Å²) >= 11 is 1.57. The topological polar surface area (TPSA) is 74.8 Å². The summed E-state index contributed by atoms with van der Waals surface area (Å²) in [6.45, 7) is 7.07. The molecule has 0 bridgehead atoms. The second-order valence-corrected chi connectivity index (χ2v) is 10.9. The number of aromatic nitrogens is 1. The number of pyridine rings is 1. The first-order chi connectivity index (χ1) is 16.7. The highest BCUT2D eigenvalue weighted by Crippen LogP contribution is 2.46. The molecule has 2 amide bonds. The number of thiophene rings is 1. The van der Waals surface area contributed by atoms with E-state index in [0.717, 1.165) is 57.3 Å². The van der Waals surface area contributed by atoms with Crippen LogP contribution in [0.2, 0.25) is 0 Å². The molecule has 2 aliphatic heterocycles. The van der Waals surface area contributed by atoms with Crippen LogP contribution in [0, 0.1) is 0 Å². The molecule has 4 heterocycles. The Morgan fingerprint density at radius 1 is 1.14 bits per heavy atom. The van der Waals surface area contributed by atoms with Gasteiger partial charge in [0.1, 0.15) is 5.00 Å². The maximum Gasteiger partial charge on any atom is 0.262 e. The monoisotopic (exact) mass is 490 g/mol. The van der Waals surface area contributed by atoms with Gasteiger partial charge in [0.05, 0.1) is 23.8 Å². The van der Waals surface area contributed by atoms with Gasteiger partial charge in [-0.25, -0.2) is 0 Å². The smallest absolute Gasteiger partial charge is 0.262 e. The van der Waals surface area contributed by atoms with E-state index in [-0.39, 0.29) is 17.4 Å². The van der Waals surface area contributed by atoms with Gasteiger partial charge in [0, 0.05) is 55.6 Å². The van der Waals surface area contributed by atoms with Crippen LogP contribution >= 0.6 is 11.3 Å². The first-order valence-corrected chi connectivity index (χ1v) is 12.6. The van der Waals surface area contributed by atoms with E-state index in [2.05, 4.69) is 35.1 Å². The minimum absolute atomic E-state index is 0.00816. The Hall–Kier alpha value is -3.23. The Balaban J connectivity index is 1.63. The molecule has 0 spiro atoms. The number of benzene rings is 1. The molecule has 1 N–H and O–H groups in total. The third kappa shape index (κ3) is 4.56. The van der Waals surface area contributed by atoms with Crippen LogP contribution in [0.3, 0.4) is 0 Å². The first kappa shape index (κ1) is 23.5. The van der Waals surface area contributed by atoms with E-state index in [9.17, 15) is 9.59 Å². The Morgan fingerprint density at radius 2 is 1.91 bits per heavy atom. The van der Waals surface area contributed by atoms with Gasteiger partial charge < -0.3 is 19.9 Å². The zero-order chi connectivity index (χ0) is 24.7. The first-order valence-electron chi connectivity index (χ1n) is 11.8. The second-order valence-electron chi connectivity index (χ2n) is 9.91. The van der Waals surface area contributed by atoms with Crippen LogP contribution in [0.1, 0.15) is 39.4 Å². The van der Waals surface area contributed by atoms with Gasteiger partial charge >= 0.3 is 0 Å². The van der Waals surface area contributed by atoms with E-state index in [1.54, 1.807) is 30.3 Å². The summed E-state index contributed by atoms with van der Waals surface area (Å²) in [7, 11) is 3.50. The molecular weight excluding hydrogens is 460 g/mol. The number of carbonyl (C=O) groups is 2. The largest absolute Gasteiger partial charge is 0.378 e. The Labute approximate surface area is 209 Å². The summed E-state index contributed by atoms with van der Waals surface area (Å²) in [5.74, 6) is -0.0519. The normalized spacial score (nSPS) is 17.0. The second kappa shape index (κ2) is 9.09. The molecule has 0 radical (unpaired) electrons. The molecule has 2 aromatic heterocycles. The predicted molar refractivity (Wildman–Crippen MR) is 139 cm³/mol. The summed E-state index contributed by atoms with van der Waals surface area (Å²) < 4.78 is 5.59. The lowest BCUT2D eigenvalue weighted by Gasteiger charge is -2.31. The standard InChI is InChI=1S/C27H30N4O3S/c1-27(2)16-20-22(26(31-10-12-34-13-11-31)35-23(20)24(32)29-27)18-8-9-28-21(15-18)17-6-5-7-19(14-17)25(33)30(3)4/h5-9,14-15H,10-13,16H2,1-4H3,(H,29,32). The number of anilines is 1. The number of ether oxygens (including phenoxy) is 1. The Kier molecular flexibility index (Phi) is 6.11. The van der Waals surface area contributed by atoms with Gasteiger partial charge in [-0.3, -0.25) is 14.6 Å². The van der Waals surface area contributed by atoms with Crippen LogP contribution in [0.15, 0.2) is 42.6 Å². The molecule has 3 aromatic rings. The third-order valence-corrected chi connectivity index (χ3v) is 7.72. The predicted octanol–water partition coefficient (Wildman–Crippen LogP) is 4.08. The Bertz CT molecular complexity index is 1290. The lowest BCUT2D eigenvalue weighted by atomic mass is 9.87. The van der Waals surface area contributed by atoms with Crippen molar-refractivity contribution in [2.45, 2.75) is 25.8 Å². The molecule has 0 atom stereocenters. The number of morpholine rings is 1. The molecule has 1 aromatic carbocycles. The minimum Gasteiger partial charge on any atom is -0.378 e. The molecule has 8 heteroatoms. The fourth-order valence-electron chi connectivity index (χ4n) is 4.75. The van der Waals surface area contributed by atoms with Gasteiger partial charge in [-0.2, -0.15) is 0 Å². The van der Waals surface area contributed by atoms with Crippen molar-refractivity contribution in [3.8, 4) is 22.4 Å². The van der Waals surface area contributed by atoms with Crippen LogP contribution in [-0.2, 0) is 11.2 Å². The molecular formula is C27H30N4O3S. The third-order valence-electron chi connectivity index (χ3n) is 6.42. The quantitative estimate of drug-likeness (QED) is 0.597. The molecule has 35 heavy (non-hydrogen) atoms. The van der Waals surface area contributed by atoms with Crippen LogP contribution < -0.4 is 10.2 Å². The van der Waals surface area contributed by atoms with Crippen molar-refractivity contribution < 1.29 is 14.3 Å². The molecule has 182 valence electrons. The van der Waals surface area contributed by atoms with Crippen LogP contribution in [0.4, 0.5) is 5.00 Å². The number of nitrogens with zero attached hydrogens (tertiary/aromatic N) is 3. The SMILES string of the molecule is CN(C)C(=O)c1cccc(-c2cc(-c3c(N4CCOCC4)sc4c3CC(C)(C)NC4=O)ccn2)c1. The van der Waals surface area contributed by atoms with E-state index in [4.69, 9.17) is 4.74 Å². The maximum atomic E-state index is 13.0. The van der Waals surface area contributed by atoms with E-state index < -0.39 is 0 Å². The van der Waals surface area contributed by atoms with Gasteiger partial charge in [0.25, 0.3) is 11.8 Å². The summed E-state index contributed by atoms with van der Waals surface area (Å²) in [4.78, 5) is 34.9. The fourth-order valence-corrected chi connectivity index (χ4v) is 6.04. The summed E-state index contributed by atoms with van der Waals surface area (Å²) in [5, 5.41) is 4.26. The number of amides is 2. The number of fused-ring (bicyclic) bond motifs is 1. The summed E-state index contributed by atoms with van der Waals surface area (Å²) in [6.07, 6.45) is 2.57. The van der Waals surface area contributed by atoms with Gasteiger partial charge in [-0.05, 0) is 55.7 Å². The van der Waals surface area contributed by atoms with Crippen molar-refractivity contribution in [3.63, 3.8) is 0 Å². The number of carbonyl (C=O) groups excluding carboxylic acids is 2. The van der Waals surface area contributed by atoms with Crippen molar-refractivity contribution in [1.82, 2.24) is 15.2 Å². The number of nitrogens with one attached hydrogen (secondary N) is 1. The van der Waals surface area contributed by atoms with E-state index in [0.29, 0.717) is 18.8 Å². The van der Waals surface area contributed by atoms with Gasteiger partial charge in [-0.15, -0.1) is 11.3 Å². The van der Waals surface area contributed by atoms with E-state index in [1.165, 1.54) is 0 Å². The zero-order valence-corrected chi connectivity index (χ0v) is 21.4. The number of rotatable bonds is 4. The minimum atomic E-state index is -0.321. The Morgan fingerprint density at radius 3 is 2.66 bits per heavy atom. The van der Waals surface area contributed by atoms with Crippen molar-refractivity contribution in [2.24, 2.45) is 0 Å². The van der Waals surface area contributed by atoms with Crippen LogP contribution in [0.25, 0.3) is 22.4 Å². The van der Waals surface area contributed by atoms with Crippen LogP contribution in [-0.4, -0.2) is 67.6 Å². The maximum absolute atomic E-state index is 13.0.